The number of hydrogen-bond acceptors (Lipinski definition) is 6. The summed E-state index contributed by atoms with van der Waals surface area (Å²) in [6.07, 6.45) is -3.27. The molecule has 4 rings (SSSR count). The van der Waals surface area contributed by atoms with Crippen LogP contribution in [0.1, 0.15) is 30.4 Å². The molecule has 5 N–H and O–H groups in total. The van der Waals surface area contributed by atoms with Gasteiger partial charge in [0, 0.05) is 23.0 Å². The van der Waals surface area contributed by atoms with Crippen molar-refractivity contribution in [2.24, 2.45) is 11.6 Å². The Hall–Kier alpha value is -3.22. The molecular weight excluding hydrogens is 409 g/mol. The van der Waals surface area contributed by atoms with E-state index in [-0.39, 0.29) is 17.5 Å². The van der Waals surface area contributed by atoms with Gasteiger partial charge in [-0.2, -0.15) is 18.4 Å². The summed E-state index contributed by atoms with van der Waals surface area (Å²) in [7, 11) is 1.46. The van der Waals surface area contributed by atoms with Crippen molar-refractivity contribution in [3.63, 3.8) is 0 Å². The number of nitrogens with zero attached hydrogens (tertiary/aromatic N) is 1. The van der Waals surface area contributed by atoms with Crippen molar-refractivity contribution in [3.8, 4) is 11.8 Å². The fourth-order valence-electron chi connectivity index (χ4n) is 4.42. The molecule has 1 unspecified atom stereocenters. The van der Waals surface area contributed by atoms with Crippen LogP contribution < -0.4 is 21.7 Å². The zero-order valence-electron chi connectivity index (χ0n) is 16.8. The summed E-state index contributed by atoms with van der Waals surface area (Å²) in [5, 5.41) is 11.0. The van der Waals surface area contributed by atoms with Crippen molar-refractivity contribution in [3.05, 3.63) is 52.7 Å². The number of hydrazine groups is 1. The maximum Gasteiger partial charge on any atom is 0.416 e. The largest absolute Gasteiger partial charge is 0.493 e. The van der Waals surface area contributed by atoms with Gasteiger partial charge in [-0.05, 0) is 54.7 Å². The lowest BCUT2D eigenvalue weighted by Gasteiger charge is -2.34. The van der Waals surface area contributed by atoms with E-state index in [9.17, 15) is 18.4 Å². The summed E-state index contributed by atoms with van der Waals surface area (Å²) in [5.41, 5.74) is 9.54. The number of nitriles is 1. The number of rotatable bonds is 4. The molecule has 1 atom stereocenters. The van der Waals surface area contributed by atoms with Gasteiger partial charge in [0.1, 0.15) is 5.58 Å². The van der Waals surface area contributed by atoms with Gasteiger partial charge in [0.25, 0.3) is 0 Å². The molecule has 162 valence electrons. The molecule has 0 amide bonds. The van der Waals surface area contributed by atoms with Crippen LogP contribution >= 0.6 is 0 Å². The number of halogens is 3. The number of benzene rings is 2. The van der Waals surface area contributed by atoms with Crippen LogP contribution in [0.2, 0.25) is 0 Å². The standard InChI is InChI=1S/C22H21F3N4O2/c1-30-18-5-3-15(21(11-27)7-6-16(29-28)12(9-21)10-26)19-14-8-13(22(23,24)25)2-4-17(14)31-20(18)19/h2-5,8,29H,6-7,9-10,26,28H2,1H3. The Morgan fingerprint density at radius 3 is 2.68 bits per heavy atom. The Morgan fingerprint density at radius 1 is 1.29 bits per heavy atom. The van der Waals surface area contributed by atoms with E-state index < -0.39 is 17.2 Å². The monoisotopic (exact) mass is 430 g/mol. The molecule has 6 nitrogen and oxygen atoms in total. The van der Waals surface area contributed by atoms with E-state index in [0.717, 1.165) is 23.4 Å². The first kappa shape index (κ1) is 21.0. The molecule has 3 aromatic rings. The lowest BCUT2D eigenvalue weighted by Crippen LogP contribution is -2.35. The minimum atomic E-state index is -4.51. The van der Waals surface area contributed by atoms with Gasteiger partial charge >= 0.3 is 6.18 Å². The molecule has 0 spiro atoms. The number of fused-ring (bicyclic) bond motifs is 3. The van der Waals surface area contributed by atoms with Crippen molar-refractivity contribution >= 4 is 21.9 Å². The number of alkyl halides is 3. The summed E-state index contributed by atoms with van der Waals surface area (Å²) >= 11 is 0. The van der Waals surface area contributed by atoms with E-state index in [1.807, 2.05) is 0 Å². The van der Waals surface area contributed by atoms with Gasteiger partial charge in [-0.25, -0.2) is 0 Å². The number of methoxy groups -OCH3 is 1. The SMILES string of the molecule is COc1ccc(C2(C#N)CCC(NN)=C(CN)C2)c2c1oc1ccc(C(F)(F)F)cc12. The molecule has 0 bridgehead atoms. The molecule has 1 heterocycles. The van der Waals surface area contributed by atoms with Crippen molar-refractivity contribution in [2.75, 3.05) is 13.7 Å². The molecule has 0 radical (unpaired) electrons. The van der Waals surface area contributed by atoms with Crippen LogP contribution in [0, 0.1) is 11.3 Å². The first-order valence-electron chi connectivity index (χ1n) is 9.67. The molecular formula is C22H21F3N4O2. The lowest BCUT2D eigenvalue weighted by atomic mass is 9.68. The number of nitrogens with one attached hydrogen (secondary N) is 1. The van der Waals surface area contributed by atoms with E-state index in [1.165, 1.54) is 13.2 Å². The van der Waals surface area contributed by atoms with E-state index in [0.29, 0.717) is 41.5 Å². The predicted octanol–water partition coefficient (Wildman–Crippen LogP) is 4.23. The maximum atomic E-state index is 13.4. The molecule has 31 heavy (non-hydrogen) atoms. The topological polar surface area (TPSA) is 110 Å². The first-order chi connectivity index (χ1) is 14.8. The Bertz CT molecular complexity index is 1240. The molecule has 0 aliphatic heterocycles. The Balaban J connectivity index is 2.04. The van der Waals surface area contributed by atoms with E-state index >= 15 is 0 Å². The summed E-state index contributed by atoms with van der Waals surface area (Å²) in [6, 6.07) is 9.15. The number of allylic oxidation sites excluding steroid dienone is 1. The highest BCUT2D eigenvalue weighted by Crippen LogP contribution is 2.48. The minimum Gasteiger partial charge on any atom is -0.493 e. The molecule has 0 saturated heterocycles. The van der Waals surface area contributed by atoms with Crippen LogP contribution in [0.3, 0.4) is 0 Å². The van der Waals surface area contributed by atoms with Gasteiger partial charge in [0.15, 0.2) is 11.3 Å². The van der Waals surface area contributed by atoms with Gasteiger partial charge in [-0.1, -0.05) is 6.07 Å². The zero-order valence-corrected chi connectivity index (χ0v) is 16.8. The smallest absolute Gasteiger partial charge is 0.416 e. The van der Waals surface area contributed by atoms with E-state index in [2.05, 4.69) is 11.5 Å². The number of furan rings is 1. The molecule has 0 saturated carbocycles. The predicted molar refractivity (Wildman–Crippen MR) is 110 cm³/mol. The fourth-order valence-corrected chi connectivity index (χ4v) is 4.42. The Morgan fingerprint density at radius 2 is 2.06 bits per heavy atom. The van der Waals surface area contributed by atoms with Gasteiger partial charge in [-0.15, -0.1) is 0 Å². The maximum absolute atomic E-state index is 13.4. The summed E-state index contributed by atoms with van der Waals surface area (Å²) < 4.78 is 51.5. The highest BCUT2D eigenvalue weighted by molar-refractivity contribution is 6.09. The van der Waals surface area contributed by atoms with Crippen molar-refractivity contribution in [1.29, 1.82) is 5.26 Å². The average Bonchev–Trinajstić information content (AvgIpc) is 3.16. The number of hydrogen-bond donors (Lipinski definition) is 3. The van der Waals surface area contributed by atoms with E-state index in [4.69, 9.17) is 20.7 Å². The first-order valence-corrected chi connectivity index (χ1v) is 9.67. The van der Waals surface area contributed by atoms with Crippen molar-refractivity contribution < 1.29 is 22.3 Å². The van der Waals surface area contributed by atoms with Crippen LogP contribution in [0.4, 0.5) is 13.2 Å². The van der Waals surface area contributed by atoms with Crippen LogP contribution in [0.25, 0.3) is 21.9 Å². The Labute approximate surface area is 176 Å². The van der Waals surface area contributed by atoms with Crippen LogP contribution in [-0.2, 0) is 11.6 Å². The van der Waals surface area contributed by atoms with Gasteiger partial charge in [0.2, 0.25) is 0 Å². The van der Waals surface area contributed by atoms with Crippen molar-refractivity contribution in [1.82, 2.24) is 5.43 Å². The minimum absolute atomic E-state index is 0.215. The second-order valence-electron chi connectivity index (χ2n) is 7.63. The molecule has 1 aliphatic rings. The fraction of sp³-hybridized carbons (Fsp3) is 0.318. The second kappa shape index (κ2) is 7.48. The third kappa shape index (κ3) is 3.28. The zero-order chi connectivity index (χ0) is 22.4. The molecule has 2 aromatic carbocycles. The highest BCUT2D eigenvalue weighted by atomic mass is 19.4. The number of ether oxygens (including phenoxy) is 1. The normalized spacial score (nSPS) is 19.6. The average molecular weight is 430 g/mol. The molecule has 0 fully saturated rings. The summed E-state index contributed by atoms with van der Waals surface area (Å²) in [5.74, 6) is 5.98. The molecule has 9 heteroatoms. The third-order valence-corrected chi connectivity index (χ3v) is 6.02. The summed E-state index contributed by atoms with van der Waals surface area (Å²) in [4.78, 5) is 0. The quantitative estimate of drug-likeness (QED) is 0.422. The van der Waals surface area contributed by atoms with Crippen LogP contribution in [-0.4, -0.2) is 13.7 Å². The van der Waals surface area contributed by atoms with Gasteiger partial charge in [-0.3, -0.25) is 5.84 Å². The Kier molecular flexibility index (Phi) is 5.07. The van der Waals surface area contributed by atoms with E-state index in [1.54, 1.807) is 12.1 Å². The third-order valence-electron chi connectivity index (χ3n) is 6.02. The molecule has 1 aliphatic carbocycles. The van der Waals surface area contributed by atoms with Crippen LogP contribution in [0.5, 0.6) is 5.75 Å². The summed E-state index contributed by atoms with van der Waals surface area (Å²) in [6.45, 7) is 0.215. The number of nitrogens with two attached hydrogens (primary N) is 2. The molecule has 1 aromatic heterocycles. The van der Waals surface area contributed by atoms with Crippen LogP contribution in [0.15, 0.2) is 46.0 Å². The second-order valence-corrected chi connectivity index (χ2v) is 7.63. The van der Waals surface area contributed by atoms with Gasteiger partial charge in [0.05, 0.1) is 24.2 Å². The highest BCUT2D eigenvalue weighted by Gasteiger charge is 2.40. The van der Waals surface area contributed by atoms with Crippen molar-refractivity contribution in [2.45, 2.75) is 30.9 Å². The van der Waals surface area contributed by atoms with Gasteiger partial charge < -0.3 is 20.3 Å². The lowest BCUT2D eigenvalue weighted by molar-refractivity contribution is -0.137.